The summed E-state index contributed by atoms with van der Waals surface area (Å²) in [7, 11) is 1.29. The lowest BCUT2D eigenvalue weighted by atomic mass is 10.3. The van der Waals surface area contributed by atoms with Crippen LogP contribution in [0.5, 0.6) is 0 Å². The number of nitrogens with zero attached hydrogens (tertiary/aromatic N) is 5. The predicted octanol–water partition coefficient (Wildman–Crippen LogP) is 2.97. The Bertz CT molecular complexity index is 1340. The van der Waals surface area contributed by atoms with Crippen molar-refractivity contribution in [3.8, 4) is 10.6 Å². The maximum atomic E-state index is 12.4. The fourth-order valence-corrected chi connectivity index (χ4v) is 5.40. The fraction of sp³-hybridized carbons (Fsp3) is 0.263. The first-order valence-corrected chi connectivity index (χ1v) is 12.5. The van der Waals surface area contributed by atoms with Crippen LogP contribution in [0.25, 0.3) is 21.6 Å². The summed E-state index contributed by atoms with van der Waals surface area (Å²) >= 11 is 2.90. The minimum atomic E-state index is -3.54. The largest absolute Gasteiger partial charge is 0.331 e. The Morgan fingerprint density at radius 2 is 2.03 bits per heavy atom. The number of hydrogen-bond acceptors (Lipinski definition) is 8. The van der Waals surface area contributed by atoms with Crippen molar-refractivity contribution in [1.82, 2.24) is 24.1 Å². The molecule has 12 heteroatoms. The van der Waals surface area contributed by atoms with Crippen molar-refractivity contribution in [2.75, 3.05) is 19.4 Å². The third kappa shape index (κ3) is 4.37. The van der Waals surface area contributed by atoms with Gasteiger partial charge in [0, 0.05) is 44.9 Å². The van der Waals surface area contributed by atoms with Crippen molar-refractivity contribution in [2.24, 2.45) is 7.05 Å². The number of thiophene rings is 1. The Balaban J connectivity index is 1.45. The lowest BCUT2D eigenvalue weighted by Gasteiger charge is -2.10. The van der Waals surface area contributed by atoms with Gasteiger partial charge >= 0.3 is 0 Å². The first-order valence-electron chi connectivity index (χ1n) is 9.29. The van der Waals surface area contributed by atoms with Crippen LogP contribution in [0.1, 0.15) is 12.2 Å². The van der Waals surface area contributed by atoms with Gasteiger partial charge in [-0.2, -0.15) is 11.3 Å². The van der Waals surface area contributed by atoms with Gasteiger partial charge < -0.3 is 9.88 Å². The number of amides is 1. The van der Waals surface area contributed by atoms with E-state index < -0.39 is 10.0 Å². The van der Waals surface area contributed by atoms with E-state index in [1.165, 1.54) is 29.7 Å². The highest BCUT2D eigenvalue weighted by Gasteiger charge is 2.19. The van der Waals surface area contributed by atoms with E-state index in [2.05, 4.69) is 20.5 Å². The number of fused-ring (bicyclic) bond motifs is 1. The van der Waals surface area contributed by atoms with E-state index in [1.807, 2.05) is 28.4 Å². The highest BCUT2D eigenvalue weighted by Crippen LogP contribution is 2.28. The van der Waals surface area contributed by atoms with Crippen molar-refractivity contribution >= 4 is 54.8 Å². The number of carbonyl (C=O) groups excluding carboxylic acids is 1. The number of aryl methyl sites for hydroxylation is 2. The molecule has 0 aliphatic rings. The van der Waals surface area contributed by atoms with Crippen LogP contribution in [-0.2, 0) is 28.3 Å². The summed E-state index contributed by atoms with van der Waals surface area (Å²) in [5, 5.41) is 16.1. The van der Waals surface area contributed by atoms with Gasteiger partial charge in [0.25, 0.3) is 0 Å². The number of sulfonamides is 1. The normalized spacial score (nSPS) is 12.0. The maximum Gasteiger partial charge on any atom is 0.242 e. The van der Waals surface area contributed by atoms with Gasteiger partial charge in [0.1, 0.15) is 10.8 Å². The zero-order valence-electron chi connectivity index (χ0n) is 17.1. The van der Waals surface area contributed by atoms with E-state index in [4.69, 9.17) is 0 Å². The monoisotopic (exact) mass is 476 g/mol. The van der Waals surface area contributed by atoms with Crippen LogP contribution in [0.15, 0.2) is 39.9 Å². The average molecular weight is 477 g/mol. The molecule has 3 aromatic heterocycles. The van der Waals surface area contributed by atoms with E-state index in [-0.39, 0.29) is 17.2 Å². The number of aromatic nitrogens is 4. The molecule has 0 saturated heterocycles. The first-order chi connectivity index (χ1) is 14.8. The van der Waals surface area contributed by atoms with Crippen molar-refractivity contribution < 1.29 is 13.2 Å². The van der Waals surface area contributed by atoms with Gasteiger partial charge in [-0.15, -0.1) is 10.2 Å². The lowest BCUT2D eigenvalue weighted by Crippen LogP contribution is -2.22. The van der Waals surface area contributed by atoms with Gasteiger partial charge in [0.2, 0.25) is 21.1 Å². The van der Waals surface area contributed by atoms with Gasteiger partial charge in [-0.3, -0.25) is 4.79 Å². The second kappa shape index (κ2) is 8.46. The molecule has 1 aromatic carbocycles. The summed E-state index contributed by atoms with van der Waals surface area (Å²) in [6.07, 6.45) is 0.621. The third-order valence-corrected chi connectivity index (χ3v) is 8.12. The molecule has 0 unspecified atom stereocenters. The van der Waals surface area contributed by atoms with Crippen molar-refractivity contribution in [3.05, 3.63) is 40.8 Å². The highest BCUT2D eigenvalue weighted by molar-refractivity contribution is 7.89. The number of rotatable bonds is 7. The Morgan fingerprint density at radius 1 is 1.23 bits per heavy atom. The van der Waals surface area contributed by atoms with Crippen LogP contribution < -0.4 is 5.32 Å². The second-order valence-corrected chi connectivity index (χ2v) is 10.9. The standard InChI is InChI=1S/C19H20N6O3S3/c1-24(2)31(27,28)13-4-5-15-14(10-13)20-16(25(15)3)6-7-17(26)21-19-23-22-18(30-19)12-8-9-29-11-12/h4-5,8-11H,6-7H2,1-3H3,(H,21,23,26). The zero-order chi connectivity index (χ0) is 22.2. The van der Waals surface area contributed by atoms with Crippen LogP contribution in [0.2, 0.25) is 0 Å². The maximum absolute atomic E-state index is 12.4. The smallest absolute Gasteiger partial charge is 0.242 e. The van der Waals surface area contributed by atoms with Crippen LogP contribution >= 0.6 is 22.7 Å². The molecule has 3 heterocycles. The molecule has 4 rings (SSSR count). The number of benzene rings is 1. The second-order valence-electron chi connectivity index (χ2n) is 7.00. The summed E-state index contributed by atoms with van der Waals surface area (Å²) in [5.74, 6) is 0.511. The molecule has 0 bridgehead atoms. The van der Waals surface area contributed by atoms with Gasteiger partial charge in [-0.1, -0.05) is 11.3 Å². The summed E-state index contributed by atoms with van der Waals surface area (Å²) in [5.41, 5.74) is 2.36. The van der Waals surface area contributed by atoms with E-state index in [9.17, 15) is 13.2 Å². The number of hydrogen-bond donors (Lipinski definition) is 1. The Morgan fingerprint density at radius 3 is 2.74 bits per heavy atom. The van der Waals surface area contributed by atoms with Crippen LogP contribution in [0.4, 0.5) is 5.13 Å². The SMILES string of the molecule is CN(C)S(=O)(=O)c1ccc2c(c1)nc(CCC(=O)Nc1nnc(-c3ccsc3)s1)n2C. The molecule has 0 aliphatic heterocycles. The quantitative estimate of drug-likeness (QED) is 0.439. The van der Waals surface area contributed by atoms with E-state index in [0.29, 0.717) is 22.9 Å². The molecule has 0 radical (unpaired) electrons. The lowest BCUT2D eigenvalue weighted by molar-refractivity contribution is -0.116. The topological polar surface area (TPSA) is 110 Å². The Hall–Kier alpha value is -2.67. The molecule has 0 fully saturated rings. The molecule has 0 atom stereocenters. The minimum absolute atomic E-state index is 0.184. The van der Waals surface area contributed by atoms with Gasteiger partial charge in [-0.05, 0) is 29.6 Å². The van der Waals surface area contributed by atoms with Gasteiger partial charge in [-0.25, -0.2) is 17.7 Å². The van der Waals surface area contributed by atoms with E-state index in [1.54, 1.807) is 29.5 Å². The summed E-state index contributed by atoms with van der Waals surface area (Å²) < 4.78 is 27.8. The molecular weight excluding hydrogens is 456 g/mol. The fourth-order valence-electron chi connectivity index (χ4n) is 3.01. The number of imidazole rings is 1. The number of anilines is 1. The number of nitrogens with one attached hydrogen (secondary N) is 1. The molecule has 0 saturated carbocycles. The van der Waals surface area contributed by atoms with Crippen LogP contribution in [-0.4, -0.2) is 52.5 Å². The van der Waals surface area contributed by atoms with Crippen molar-refractivity contribution in [3.63, 3.8) is 0 Å². The molecule has 1 N–H and O–H groups in total. The van der Waals surface area contributed by atoms with Gasteiger partial charge in [0.05, 0.1) is 15.9 Å². The van der Waals surface area contributed by atoms with Crippen molar-refractivity contribution in [1.29, 1.82) is 0 Å². The van der Waals surface area contributed by atoms with Crippen molar-refractivity contribution in [2.45, 2.75) is 17.7 Å². The van der Waals surface area contributed by atoms with Gasteiger partial charge in [0.15, 0.2) is 0 Å². The zero-order valence-corrected chi connectivity index (χ0v) is 19.5. The molecule has 9 nitrogen and oxygen atoms in total. The van der Waals surface area contributed by atoms with E-state index >= 15 is 0 Å². The molecule has 0 aliphatic carbocycles. The highest BCUT2D eigenvalue weighted by atomic mass is 32.2. The molecule has 0 spiro atoms. The van der Waals surface area contributed by atoms with Crippen LogP contribution in [0, 0.1) is 0 Å². The predicted molar refractivity (Wildman–Crippen MR) is 122 cm³/mol. The minimum Gasteiger partial charge on any atom is -0.331 e. The average Bonchev–Trinajstić information content (AvgIpc) is 3.47. The summed E-state index contributed by atoms with van der Waals surface area (Å²) in [6, 6.07) is 6.81. The Labute approximate surface area is 187 Å². The summed E-state index contributed by atoms with van der Waals surface area (Å²) in [4.78, 5) is 17.1. The molecule has 162 valence electrons. The summed E-state index contributed by atoms with van der Waals surface area (Å²) in [6.45, 7) is 0. The number of carbonyl (C=O) groups is 1. The van der Waals surface area contributed by atoms with E-state index in [0.717, 1.165) is 16.1 Å². The Kier molecular flexibility index (Phi) is 5.88. The van der Waals surface area contributed by atoms with Crippen LogP contribution in [0.3, 0.4) is 0 Å². The third-order valence-electron chi connectivity index (χ3n) is 4.74. The molecule has 31 heavy (non-hydrogen) atoms. The molecule has 4 aromatic rings. The molecular formula is C19H20N6O3S3. The molecule has 1 amide bonds. The first kappa shape index (κ1) is 21.6.